The number of carbonyl (C=O) groups is 1. The van der Waals surface area contributed by atoms with E-state index in [2.05, 4.69) is 20.6 Å². The van der Waals surface area contributed by atoms with Crippen LogP contribution in [0.3, 0.4) is 0 Å². The summed E-state index contributed by atoms with van der Waals surface area (Å²) in [7, 11) is 3.42. The van der Waals surface area contributed by atoms with Crippen LogP contribution in [0.1, 0.15) is 11.1 Å². The van der Waals surface area contributed by atoms with Crippen molar-refractivity contribution >= 4 is 35.1 Å². The second kappa shape index (κ2) is 9.64. The lowest BCUT2D eigenvalue weighted by Gasteiger charge is -2.23. The fourth-order valence-corrected chi connectivity index (χ4v) is 3.08. The largest absolute Gasteiger partial charge is 0.416 e. The van der Waals surface area contributed by atoms with Gasteiger partial charge >= 0.3 is 6.18 Å². The molecule has 1 aromatic carbocycles. The molecule has 1 atom stereocenters. The molecule has 0 aliphatic carbocycles. The number of carbonyl (C=O) groups excluding carboxylic acids is 1. The summed E-state index contributed by atoms with van der Waals surface area (Å²) in [4.78, 5) is 22.4. The number of nitrogens with two attached hydrogens (primary N) is 1. The average Bonchev–Trinajstić information content (AvgIpc) is 2.66. The summed E-state index contributed by atoms with van der Waals surface area (Å²) in [5.74, 6) is -0.777. The number of hydrogen-bond acceptors (Lipinski definition) is 8. The molecule has 0 unspecified atom stereocenters. The molecule has 0 fully saturated rings. The molecule has 0 aliphatic rings. The molecule has 0 spiro atoms. The number of alkyl halides is 3. The van der Waals surface area contributed by atoms with Gasteiger partial charge in [-0.05, 0) is 38.6 Å². The van der Waals surface area contributed by atoms with Gasteiger partial charge in [-0.2, -0.15) is 23.4 Å². The van der Waals surface area contributed by atoms with Crippen molar-refractivity contribution < 1.29 is 18.0 Å². The minimum Gasteiger partial charge on any atom is -0.373 e. The van der Waals surface area contributed by atoms with Crippen molar-refractivity contribution in [3.05, 3.63) is 35.4 Å². The average molecular weight is 439 g/mol. The molecule has 1 amide bonds. The highest BCUT2D eigenvalue weighted by molar-refractivity contribution is 7.98. The van der Waals surface area contributed by atoms with Crippen molar-refractivity contribution in [3.63, 3.8) is 0 Å². The number of likely N-dealkylation sites (N-methyl/N-ethyl adjacent to an activating group) is 1. The lowest BCUT2D eigenvalue weighted by molar-refractivity contribution is -0.137. The van der Waals surface area contributed by atoms with Crippen LogP contribution in [0.4, 0.5) is 30.6 Å². The number of hydrogen-bond donors (Lipinski definition) is 3. The van der Waals surface area contributed by atoms with E-state index in [-0.39, 0.29) is 29.6 Å². The zero-order valence-corrected chi connectivity index (χ0v) is 17.2. The van der Waals surface area contributed by atoms with E-state index < -0.39 is 23.7 Å². The van der Waals surface area contributed by atoms with E-state index in [1.807, 2.05) is 6.07 Å². The minimum atomic E-state index is -4.51. The van der Waals surface area contributed by atoms with E-state index in [1.165, 1.54) is 23.9 Å². The van der Waals surface area contributed by atoms with Gasteiger partial charge in [-0.15, -0.1) is 11.8 Å². The smallest absolute Gasteiger partial charge is 0.373 e. The van der Waals surface area contributed by atoms with E-state index in [4.69, 9.17) is 5.73 Å². The van der Waals surface area contributed by atoms with Gasteiger partial charge in [0.15, 0.2) is 5.82 Å². The molecule has 1 heterocycles. The Kier molecular flexibility index (Phi) is 7.47. The molecule has 12 heteroatoms. The highest BCUT2D eigenvalue weighted by atomic mass is 32.2. The zero-order chi connectivity index (χ0) is 22.5. The number of nitriles is 1. The van der Waals surface area contributed by atoms with Crippen LogP contribution in [0.25, 0.3) is 0 Å². The van der Waals surface area contributed by atoms with Crippen LogP contribution in [0.2, 0.25) is 0 Å². The number of anilines is 3. The molecule has 4 N–H and O–H groups in total. The van der Waals surface area contributed by atoms with Gasteiger partial charge in [0.2, 0.25) is 11.9 Å². The predicted molar refractivity (Wildman–Crippen MR) is 109 cm³/mol. The monoisotopic (exact) mass is 439 g/mol. The Morgan fingerprint density at radius 1 is 1.37 bits per heavy atom. The molecule has 2 rings (SSSR count). The Hall–Kier alpha value is -3.04. The SMILES string of the molecule is CSc1nc(N)nc(NC(=O)[C@H](CN(C)C)Nc2cccc(C(F)(F)F)c2)c1C#N. The first-order chi connectivity index (χ1) is 14.0. The van der Waals surface area contributed by atoms with Gasteiger partial charge in [-0.1, -0.05) is 6.07 Å². The van der Waals surface area contributed by atoms with Crippen molar-refractivity contribution in [2.75, 3.05) is 43.3 Å². The number of benzene rings is 1. The maximum Gasteiger partial charge on any atom is 0.416 e. The standard InChI is InChI=1S/C18H20F3N7OS/c1-28(2)9-13(24-11-6-4-5-10(7-11)18(19,20)21)15(29)25-14-12(8-22)16(30-3)27-17(23)26-14/h4-7,13,24H,9H2,1-3H3,(H3,23,25,26,27,29)/t13-/m0/s1. The number of thioether (sulfide) groups is 1. The number of amides is 1. The maximum atomic E-state index is 13.0. The van der Waals surface area contributed by atoms with E-state index in [1.54, 1.807) is 25.3 Å². The van der Waals surface area contributed by atoms with Crippen LogP contribution in [0.5, 0.6) is 0 Å². The number of rotatable bonds is 7. The molecular formula is C18H20F3N7OS. The molecule has 160 valence electrons. The first kappa shape index (κ1) is 23.2. The number of nitrogen functional groups attached to an aromatic ring is 1. The van der Waals surface area contributed by atoms with Crippen molar-refractivity contribution in [1.82, 2.24) is 14.9 Å². The lowest BCUT2D eigenvalue weighted by Crippen LogP contribution is -2.42. The van der Waals surface area contributed by atoms with Crippen molar-refractivity contribution in [2.24, 2.45) is 0 Å². The minimum absolute atomic E-state index is 0.0488. The van der Waals surface area contributed by atoms with Gasteiger partial charge in [0.1, 0.15) is 22.7 Å². The Morgan fingerprint density at radius 3 is 2.63 bits per heavy atom. The highest BCUT2D eigenvalue weighted by Crippen LogP contribution is 2.31. The Balaban J connectivity index is 2.32. The zero-order valence-electron chi connectivity index (χ0n) is 16.4. The fourth-order valence-electron chi connectivity index (χ4n) is 2.55. The van der Waals surface area contributed by atoms with Gasteiger partial charge in [0, 0.05) is 12.2 Å². The third-order valence-electron chi connectivity index (χ3n) is 3.83. The summed E-state index contributed by atoms with van der Waals surface area (Å²) in [6, 6.07) is 5.53. The van der Waals surface area contributed by atoms with Gasteiger partial charge in [-0.25, -0.2) is 4.98 Å². The second-order valence-electron chi connectivity index (χ2n) is 6.45. The fraction of sp³-hybridized carbons (Fsp3) is 0.333. The summed E-state index contributed by atoms with van der Waals surface area (Å²) in [5.41, 5.74) is 4.98. The summed E-state index contributed by atoms with van der Waals surface area (Å²) in [5, 5.41) is 15.0. The molecular weight excluding hydrogens is 419 g/mol. The third kappa shape index (κ3) is 5.98. The van der Waals surface area contributed by atoms with Crippen molar-refractivity contribution in [1.29, 1.82) is 5.26 Å². The lowest BCUT2D eigenvalue weighted by atomic mass is 10.1. The predicted octanol–water partition coefficient (Wildman–Crippen LogP) is 2.65. The van der Waals surface area contributed by atoms with Gasteiger partial charge in [-0.3, -0.25) is 4.79 Å². The molecule has 30 heavy (non-hydrogen) atoms. The van der Waals surface area contributed by atoms with Gasteiger partial charge < -0.3 is 21.3 Å². The molecule has 0 saturated carbocycles. The Bertz CT molecular complexity index is 960. The van der Waals surface area contributed by atoms with E-state index in [0.717, 1.165) is 12.1 Å². The van der Waals surface area contributed by atoms with Crippen LogP contribution in [-0.4, -0.2) is 53.7 Å². The summed E-state index contributed by atoms with van der Waals surface area (Å²) >= 11 is 1.17. The van der Waals surface area contributed by atoms with E-state index in [0.29, 0.717) is 5.03 Å². The van der Waals surface area contributed by atoms with E-state index >= 15 is 0 Å². The van der Waals surface area contributed by atoms with Gasteiger partial charge in [0.25, 0.3) is 0 Å². The van der Waals surface area contributed by atoms with Crippen LogP contribution in [0, 0.1) is 11.3 Å². The first-order valence-electron chi connectivity index (χ1n) is 8.56. The van der Waals surface area contributed by atoms with Crippen molar-refractivity contribution in [3.8, 4) is 6.07 Å². The van der Waals surface area contributed by atoms with Crippen LogP contribution in [-0.2, 0) is 11.0 Å². The molecule has 1 aromatic heterocycles. The Labute approximate surface area is 175 Å². The third-order valence-corrected chi connectivity index (χ3v) is 4.52. The normalized spacial score (nSPS) is 12.3. The molecule has 0 radical (unpaired) electrons. The first-order valence-corrected chi connectivity index (χ1v) is 9.78. The quantitative estimate of drug-likeness (QED) is 0.445. The molecule has 0 aliphatic heterocycles. The van der Waals surface area contributed by atoms with Crippen LogP contribution >= 0.6 is 11.8 Å². The maximum absolute atomic E-state index is 13.0. The molecule has 8 nitrogen and oxygen atoms in total. The summed E-state index contributed by atoms with van der Waals surface area (Å²) < 4.78 is 38.9. The van der Waals surface area contributed by atoms with Crippen LogP contribution < -0.4 is 16.4 Å². The highest BCUT2D eigenvalue weighted by Gasteiger charge is 2.31. The summed E-state index contributed by atoms with van der Waals surface area (Å²) in [6.45, 7) is 0.167. The number of aromatic nitrogens is 2. The Morgan fingerprint density at radius 2 is 2.07 bits per heavy atom. The molecule has 0 bridgehead atoms. The molecule has 2 aromatic rings. The summed E-state index contributed by atoms with van der Waals surface area (Å²) in [6.07, 6.45) is -2.82. The number of nitrogens with zero attached hydrogens (tertiary/aromatic N) is 4. The number of halogens is 3. The number of nitrogens with one attached hydrogen (secondary N) is 2. The van der Waals surface area contributed by atoms with E-state index in [9.17, 15) is 23.2 Å². The molecule has 0 saturated heterocycles. The van der Waals surface area contributed by atoms with Crippen molar-refractivity contribution in [2.45, 2.75) is 17.2 Å². The van der Waals surface area contributed by atoms with Gasteiger partial charge in [0.05, 0.1) is 5.56 Å². The van der Waals surface area contributed by atoms with Crippen LogP contribution in [0.15, 0.2) is 29.3 Å². The topological polar surface area (TPSA) is 120 Å². The second-order valence-corrected chi connectivity index (χ2v) is 7.25.